The molecule has 0 atom stereocenters. The van der Waals surface area contributed by atoms with E-state index < -0.39 is 45.6 Å². The molecule has 2 N–H and O–H groups in total. The SMILES string of the molecule is O=S(=O)(NCC(F)(F)CO)c1ccc(F)cc1F. The quantitative estimate of drug-likeness (QED) is 0.790. The van der Waals surface area contributed by atoms with Crippen LogP contribution in [-0.2, 0) is 10.0 Å². The first kappa shape index (κ1) is 14.9. The number of aliphatic hydroxyl groups is 1. The largest absolute Gasteiger partial charge is 0.390 e. The number of hydrogen-bond donors (Lipinski definition) is 2. The molecule has 4 nitrogen and oxygen atoms in total. The summed E-state index contributed by atoms with van der Waals surface area (Å²) in [6.45, 7) is -2.94. The predicted octanol–water partition coefficient (Wildman–Crippen LogP) is 0.871. The first-order chi connectivity index (χ1) is 8.18. The Morgan fingerprint density at radius 1 is 1.28 bits per heavy atom. The molecule has 0 unspecified atom stereocenters. The highest BCUT2D eigenvalue weighted by atomic mass is 32.2. The molecule has 1 rings (SSSR count). The van der Waals surface area contributed by atoms with Crippen LogP contribution in [0.5, 0.6) is 0 Å². The molecule has 0 aliphatic heterocycles. The summed E-state index contributed by atoms with van der Waals surface area (Å²) in [7, 11) is -4.53. The summed E-state index contributed by atoms with van der Waals surface area (Å²) in [6, 6.07) is 1.62. The Morgan fingerprint density at radius 3 is 2.39 bits per heavy atom. The van der Waals surface area contributed by atoms with E-state index in [1.54, 1.807) is 0 Å². The van der Waals surface area contributed by atoms with Crippen molar-refractivity contribution in [1.29, 1.82) is 0 Å². The van der Waals surface area contributed by atoms with E-state index in [1.165, 1.54) is 4.72 Å². The molecule has 0 spiro atoms. The summed E-state index contributed by atoms with van der Waals surface area (Å²) in [5.41, 5.74) is 0. The molecule has 0 saturated heterocycles. The van der Waals surface area contributed by atoms with Gasteiger partial charge < -0.3 is 5.11 Å². The second-order valence-electron chi connectivity index (χ2n) is 3.41. The van der Waals surface area contributed by atoms with Gasteiger partial charge in [0.05, 0.1) is 6.54 Å². The lowest BCUT2D eigenvalue weighted by Gasteiger charge is -2.14. The number of benzene rings is 1. The first-order valence-electron chi connectivity index (χ1n) is 4.61. The minimum Gasteiger partial charge on any atom is -0.390 e. The highest BCUT2D eigenvalue weighted by Crippen LogP contribution is 2.17. The molecule has 0 heterocycles. The van der Waals surface area contributed by atoms with Crippen molar-refractivity contribution in [2.45, 2.75) is 10.8 Å². The van der Waals surface area contributed by atoms with E-state index in [-0.39, 0.29) is 0 Å². The van der Waals surface area contributed by atoms with Gasteiger partial charge in [0.15, 0.2) is 0 Å². The zero-order valence-corrected chi connectivity index (χ0v) is 9.65. The van der Waals surface area contributed by atoms with Gasteiger partial charge in [-0.1, -0.05) is 0 Å². The van der Waals surface area contributed by atoms with E-state index in [1.807, 2.05) is 0 Å². The van der Waals surface area contributed by atoms with Crippen molar-refractivity contribution in [2.24, 2.45) is 0 Å². The Bertz CT molecular complexity index is 533. The van der Waals surface area contributed by atoms with Crippen LogP contribution in [0.15, 0.2) is 23.1 Å². The van der Waals surface area contributed by atoms with Crippen molar-refractivity contribution in [3.05, 3.63) is 29.8 Å². The zero-order valence-electron chi connectivity index (χ0n) is 8.83. The Hall–Kier alpha value is -1.19. The van der Waals surface area contributed by atoms with Crippen LogP contribution in [0.2, 0.25) is 0 Å². The molecule has 1 aromatic carbocycles. The number of hydrogen-bond acceptors (Lipinski definition) is 3. The van der Waals surface area contributed by atoms with Gasteiger partial charge >= 0.3 is 0 Å². The molecule has 0 amide bonds. The summed E-state index contributed by atoms with van der Waals surface area (Å²) in [6.07, 6.45) is 0. The molecular weight excluding hydrogens is 278 g/mol. The molecule has 102 valence electrons. The van der Waals surface area contributed by atoms with Crippen LogP contribution in [0.3, 0.4) is 0 Å². The number of halogens is 4. The van der Waals surface area contributed by atoms with Crippen LogP contribution in [0.1, 0.15) is 0 Å². The van der Waals surface area contributed by atoms with Gasteiger partial charge in [0, 0.05) is 6.07 Å². The Morgan fingerprint density at radius 2 is 1.89 bits per heavy atom. The summed E-state index contributed by atoms with van der Waals surface area (Å²) < 4.78 is 75.3. The van der Waals surface area contributed by atoms with Crippen molar-refractivity contribution in [1.82, 2.24) is 4.72 Å². The molecule has 18 heavy (non-hydrogen) atoms. The Kier molecular flexibility index (Phi) is 4.30. The summed E-state index contributed by atoms with van der Waals surface area (Å²) in [4.78, 5) is -0.947. The van der Waals surface area contributed by atoms with Crippen molar-refractivity contribution < 1.29 is 31.1 Å². The number of rotatable bonds is 5. The fraction of sp³-hybridized carbons (Fsp3) is 0.333. The Labute approximate surface area is 100 Å². The minimum atomic E-state index is -4.53. The van der Waals surface area contributed by atoms with Crippen LogP contribution < -0.4 is 4.72 Å². The normalized spacial score (nSPS) is 12.7. The third kappa shape index (κ3) is 3.65. The van der Waals surface area contributed by atoms with Gasteiger partial charge in [0.2, 0.25) is 10.0 Å². The van der Waals surface area contributed by atoms with Crippen LogP contribution in [-0.4, -0.2) is 32.6 Å². The maximum absolute atomic E-state index is 13.2. The maximum atomic E-state index is 13.2. The van der Waals surface area contributed by atoms with Crippen molar-refractivity contribution in [3.8, 4) is 0 Å². The zero-order chi connectivity index (χ0) is 14.0. The van der Waals surface area contributed by atoms with Gasteiger partial charge in [-0.3, -0.25) is 0 Å². The first-order valence-corrected chi connectivity index (χ1v) is 6.10. The number of alkyl halides is 2. The van der Waals surface area contributed by atoms with Gasteiger partial charge in [-0.05, 0) is 12.1 Å². The van der Waals surface area contributed by atoms with Gasteiger partial charge in [0.1, 0.15) is 23.1 Å². The minimum absolute atomic E-state index is 0.318. The molecule has 0 aliphatic carbocycles. The second-order valence-corrected chi connectivity index (χ2v) is 5.15. The molecule has 9 heteroatoms. The molecule has 0 saturated carbocycles. The lowest BCUT2D eigenvalue weighted by molar-refractivity contribution is -0.0437. The molecule has 0 aromatic heterocycles. The van der Waals surface area contributed by atoms with E-state index >= 15 is 0 Å². The second kappa shape index (κ2) is 5.21. The predicted molar refractivity (Wildman–Crippen MR) is 53.6 cm³/mol. The molecule has 0 bridgehead atoms. The third-order valence-electron chi connectivity index (χ3n) is 1.94. The van der Waals surface area contributed by atoms with Gasteiger partial charge in [-0.2, -0.15) is 0 Å². The molecule has 0 aliphatic rings. The van der Waals surface area contributed by atoms with Crippen LogP contribution >= 0.6 is 0 Å². The van der Waals surface area contributed by atoms with E-state index in [2.05, 4.69) is 0 Å². The average molecular weight is 287 g/mol. The van der Waals surface area contributed by atoms with Crippen molar-refractivity contribution in [2.75, 3.05) is 13.2 Å². The number of aliphatic hydroxyl groups excluding tert-OH is 1. The van der Waals surface area contributed by atoms with E-state index in [0.29, 0.717) is 18.2 Å². The molecule has 0 radical (unpaired) electrons. The fourth-order valence-corrected chi connectivity index (χ4v) is 2.15. The summed E-state index contributed by atoms with van der Waals surface area (Å²) in [5.74, 6) is -6.05. The van der Waals surface area contributed by atoms with E-state index in [4.69, 9.17) is 5.11 Å². The molecule has 1 aromatic rings. The molecule has 0 fully saturated rings. The number of nitrogens with one attached hydrogen (secondary N) is 1. The fourth-order valence-electron chi connectivity index (χ4n) is 1.03. The van der Waals surface area contributed by atoms with Crippen LogP contribution in [0.25, 0.3) is 0 Å². The maximum Gasteiger partial charge on any atom is 0.283 e. The summed E-state index contributed by atoms with van der Waals surface area (Å²) >= 11 is 0. The van der Waals surface area contributed by atoms with E-state index in [9.17, 15) is 26.0 Å². The van der Waals surface area contributed by atoms with Gasteiger partial charge in [0.25, 0.3) is 5.92 Å². The summed E-state index contributed by atoms with van der Waals surface area (Å²) in [5, 5.41) is 8.24. The highest BCUT2D eigenvalue weighted by Gasteiger charge is 2.31. The standard InChI is InChI=1S/C9H9F4NO3S/c10-6-1-2-8(7(11)3-6)18(16,17)14-4-9(12,13)5-15/h1-3,14-15H,4-5H2. The highest BCUT2D eigenvalue weighted by molar-refractivity contribution is 7.89. The van der Waals surface area contributed by atoms with Gasteiger partial charge in [-0.25, -0.2) is 30.7 Å². The van der Waals surface area contributed by atoms with Crippen molar-refractivity contribution in [3.63, 3.8) is 0 Å². The molecular formula is C9H9F4NO3S. The Balaban J connectivity index is 2.94. The van der Waals surface area contributed by atoms with Crippen LogP contribution in [0.4, 0.5) is 17.6 Å². The lowest BCUT2D eigenvalue weighted by Crippen LogP contribution is -2.39. The topological polar surface area (TPSA) is 66.4 Å². The van der Waals surface area contributed by atoms with Gasteiger partial charge in [-0.15, -0.1) is 0 Å². The van der Waals surface area contributed by atoms with E-state index in [0.717, 1.165) is 0 Å². The van der Waals surface area contributed by atoms with Crippen LogP contribution in [0, 0.1) is 11.6 Å². The van der Waals surface area contributed by atoms with Crippen molar-refractivity contribution >= 4 is 10.0 Å². The smallest absolute Gasteiger partial charge is 0.283 e. The average Bonchev–Trinajstić information content (AvgIpc) is 2.26. The monoisotopic (exact) mass is 287 g/mol. The third-order valence-corrected chi connectivity index (χ3v) is 3.37. The lowest BCUT2D eigenvalue weighted by atomic mass is 10.3. The number of sulfonamides is 1.